The van der Waals surface area contributed by atoms with Gasteiger partial charge in [-0.2, -0.15) is 0 Å². The summed E-state index contributed by atoms with van der Waals surface area (Å²) in [4.78, 5) is 36.5. The molecule has 126 valence electrons. The van der Waals surface area contributed by atoms with E-state index >= 15 is 0 Å². The summed E-state index contributed by atoms with van der Waals surface area (Å²) < 4.78 is 15.5. The zero-order valence-electron chi connectivity index (χ0n) is 13.0. The number of hydrogen-bond acceptors (Lipinski definition) is 8. The summed E-state index contributed by atoms with van der Waals surface area (Å²) in [5.41, 5.74) is -5.91. The highest BCUT2D eigenvalue weighted by molar-refractivity contribution is 5.94. The second-order valence-electron chi connectivity index (χ2n) is 7.89. The summed E-state index contributed by atoms with van der Waals surface area (Å²) in [7, 11) is 0. The zero-order valence-corrected chi connectivity index (χ0v) is 13.0. The molecule has 0 aromatic rings. The van der Waals surface area contributed by atoms with Crippen molar-refractivity contribution in [1.82, 2.24) is 0 Å². The highest BCUT2D eigenvalue weighted by Gasteiger charge is 2.92. The standard InChI is InChI=1S/C15H18O8/c1-12(2,3)14(20)4-6-13(5-7(16)21-6)10(19)23-11-15(13,14)8(17)9(18)22-11/h6,8,11,17,20H,4-5H2,1-3H3/t6-,8-,11-,13+,14-,15+/m1/s1. The molecule has 0 unspecified atom stereocenters. The van der Waals surface area contributed by atoms with Gasteiger partial charge in [-0.15, -0.1) is 0 Å². The fraction of sp³-hybridized carbons (Fsp3) is 0.800. The Morgan fingerprint density at radius 1 is 1.13 bits per heavy atom. The first kappa shape index (κ1) is 14.9. The predicted molar refractivity (Wildman–Crippen MR) is 70.4 cm³/mol. The van der Waals surface area contributed by atoms with E-state index in [0.29, 0.717) is 0 Å². The average Bonchev–Trinajstić information content (AvgIpc) is 3.00. The Bertz CT molecular complexity index is 650. The summed E-state index contributed by atoms with van der Waals surface area (Å²) in [5, 5.41) is 22.2. The summed E-state index contributed by atoms with van der Waals surface area (Å²) >= 11 is 0. The van der Waals surface area contributed by atoms with Crippen molar-refractivity contribution in [3.8, 4) is 0 Å². The minimum Gasteiger partial charge on any atom is -0.461 e. The molecule has 0 bridgehead atoms. The number of hydrogen-bond donors (Lipinski definition) is 2. The smallest absolute Gasteiger partial charge is 0.339 e. The van der Waals surface area contributed by atoms with Crippen molar-refractivity contribution < 1.29 is 38.8 Å². The Morgan fingerprint density at radius 2 is 1.78 bits per heavy atom. The molecule has 4 fully saturated rings. The maximum atomic E-state index is 12.6. The van der Waals surface area contributed by atoms with E-state index in [9.17, 15) is 24.6 Å². The Labute approximate surface area is 131 Å². The van der Waals surface area contributed by atoms with Crippen LogP contribution >= 0.6 is 0 Å². The van der Waals surface area contributed by atoms with E-state index in [1.807, 2.05) is 0 Å². The molecule has 3 saturated heterocycles. The first-order chi connectivity index (χ1) is 10.5. The van der Waals surface area contributed by atoms with Gasteiger partial charge in [-0.1, -0.05) is 20.8 Å². The lowest BCUT2D eigenvalue weighted by molar-refractivity contribution is -0.224. The monoisotopic (exact) mass is 326 g/mol. The molecule has 23 heavy (non-hydrogen) atoms. The molecular weight excluding hydrogens is 308 g/mol. The molecule has 4 aliphatic rings. The first-order valence-corrected chi connectivity index (χ1v) is 7.54. The van der Waals surface area contributed by atoms with Gasteiger partial charge >= 0.3 is 17.9 Å². The van der Waals surface area contributed by atoms with Crippen LogP contribution < -0.4 is 0 Å². The third-order valence-electron chi connectivity index (χ3n) is 6.22. The number of aliphatic hydroxyl groups excluding tert-OH is 1. The minimum atomic E-state index is -1.78. The van der Waals surface area contributed by atoms with Gasteiger partial charge in [0.15, 0.2) is 6.10 Å². The number of aliphatic hydroxyl groups is 2. The van der Waals surface area contributed by atoms with Gasteiger partial charge in [0, 0.05) is 6.42 Å². The minimum absolute atomic E-state index is 0.0679. The quantitative estimate of drug-likeness (QED) is 0.558. The lowest BCUT2D eigenvalue weighted by atomic mass is 9.52. The van der Waals surface area contributed by atoms with Crippen LogP contribution in [-0.4, -0.2) is 52.2 Å². The van der Waals surface area contributed by atoms with Crippen molar-refractivity contribution in [3.05, 3.63) is 0 Å². The molecule has 1 saturated carbocycles. The first-order valence-electron chi connectivity index (χ1n) is 7.54. The molecule has 1 aliphatic carbocycles. The molecule has 0 aromatic carbocycles. The van der Waals surface area contributed by atoms with Crippen molar-refractivity contribution in [2.75, 3.05) is 0 Å². The molecule has 3 aliphatic heterocycles. The van der Waals surface area contributed by atoms with E-state index in [-0.39, 0.29) is 12.8 Å². The zero-order chi connectivity index (χ0) is 17.0. The van der Waals surface area contributed by atoms with Crippen LogP contribution in [-0.2, 0) is 28.6 Å². The summed E-state index contributed by atoms with van der Waals surface area (Å²) in [6.07, 6.45) is -4.58. The van der Waals surface area contributed by atoms with Crippen molar-refractivity contribution in [2.45, 2.75) is 57.7 Å². The van der Waals surface area contributed by atoms with E-state index < -0.39 is 58.3 Å². The van der Waals surface area contributed by atoms with E-state index in [4.69, 9.17) is 14.2 Å². The van der Waals surface area contributed by atoms with Crippen LogP contribution in [0.4, 0.5) is 0 Å². The van der Waals surface area contributed by atoms with Crippen molar-refractivity contribution in [2.24, 2.45) is 16.2 Å². The molecular formula is C15H18O8. The number of carbonyl (C=O) groups is 3. The number of esters is 3. The lowest BCUT2D eigenvalue weighted by Crippen LogP contribution is -2.65. The molecule has 6 atom stereocenters. The van der Waals surface area contributed by atoms with Crippen molar-refractivity contribution in [3.63, 3.8) is 0 Å². The van der Waals surface area contributed by atoms with Gasteiger partial charge in [-0.05, 0) is 5.41 Å². The van der Waals surface area contributed by atoms with Gasteiger partial charge in [0.25, 0.3) is 6.29 Å². The highest BCUT2D eigenvalue weighted by Crippen LogP contribution is 2.75. The Hall–Kier alpha value is -1.67. The van der Waals surface area contributed by atoms with Crippen LogP contribution in [0.25, 0.3) is 0 Å². The van der Waals surface area contributed by atoms with Gasteiger partial charge in [0.05, 0.1) is 12.0 Å². The number of rotatable bonds is 0. The van der Waals surface area contributed by atoms with Crippen molar-refractivity contribution >= 4 is 17.9 Å². The summed E-state index contributed by atoms with van der Waals surface area (Å²) in [6, 6.07) is 0. The van der Waals surface area contributed by atoms with E-state index in [1.54, 1.807) is 20.8 Å². The molecule has 0 amide bonds. The number of carbonyl (C=O) groups excluding carboxylic acids is 3. The van der Waals surface area contributed by atoms with Gasteiger partial charge in [-0.3, -0.25) is 9.59 Å². The summed E-state index contributed by atoms with van der Waals surface area (Å²) in [5.74, 6) is -2.36. The fourth-order valence-corrected chi connectivity index (χ4v) is 5.15. The van der Waals surface area contributed by atoms with E-state index in [2.05, 4.69) is 0 Å². The third kappa shape index (κ3) is 1.20. The Balaban J connectivity index is 2.05. The maximum Gasteiger partial charge on any atom is 0.339 e. The Morgan fingerprint density at radius 3 is 2.39 bits per heavy atom. The summed E-state index contributed by atoms with van der Waals surface area (Å²) in [6.45, 7) is 5.19. The highest BCUT2D eigenvalue weighted by atomic mass is 16.7. The second-order valence-corrected chi connectivity index (χ2v) is 7.89. The van der Waals surface area contributed by atoms with Crippen LogP contribution in [0.2, 0.25) is 0 Å². The molecule has 3 heterocycles. The number of ether oxygens (including phenoxy) is 3. The molecule has 8 nitrogen and oxygen atoms in total. The fourth-order valence-electron chi connectivity index (χ4n) is 5.15. The van der Waals surface area contributed by atoms with Gasteiger partial charge in [0.2, 0.25) is 0 Å². The largest absolute Gasteiger partial charge is 0.461 e. The molecule has 2 N–H and O–H groups in total. The molecule has 4 rings (SSSR count). The van der Waals surface area contributed by atoms with Crippen LogP contribution in [0, 0.1) is 16.2 Å². The van der Waals surface area contributed by atoms with Crippen molar-refractivity contribution in [1.29, 1.82) is 0 Å². The van der Waals surface area contributed by atoms with Gasteiger partial charge in [0.1, 0.15) is 16.9 Å². The maximum absolute atomic E-state index is 12.6. The van der Waals surface area contributed by atoms with Crippen LogP contribution in [0.5, 0.6) is 0 Å². The van der Waals surface area contributed by atoms with Crippen LogP contribution in [0.1, 0.15) is 33.6 Å². The lowest BCUT2D eigenvalue weighted by Gasteiger charge is -2.49. The SMILES string of the molecule is CC(C)(C)[C@]1(O)C[C@H]2OC(=O)C[C@@]23C(=O)O[C@H]2OC(=O)[C@@H](O)[C@@]213. The third-order valence-corrected chi connectivity index (χ3v) is 6.22. The van der Waals surface area contributed by atoms with E-state index in [0.717, 1.165) is 0 Å². The van der Waals surface area contributed by atoms with Gasteiger partial charge < -0.3 is 24.4 Å². The molecule has 2 spiro atoms. The van der Waals surface area contributed by atoms with Crippen LogP contribution in [0.15, 0.2) is 0 Å². The molecule has 0 radical (unpaired) electrons. The van der Waals surface area contributed by atoms with Crippen LogP contribution in [0.3, 0.4) is 0 Å². The second kappa shape index (κ2) is 3.70. The normalized spacial score (nSPS) is 51.0. The van der Waals surface area contributed by atoms with E-state index in [1.165, 1.54) is 0 Å². The predicted octanol–water partition coefficient (Wildman–Crippen LogP) is -0.744. The van der Waals surface area contributed by atoms with Gasteiger partial charge in [-0.25, -0.2) is 4.79 Å². The Kier molecular flexibility index (Phi) is 2.39. The topological polar surface area (TPSA) is 119 Å². The average molecular weight is 326 g/mol. The molecule has 8 heteroatoms. The molecule has 0 aromatic heterocycles.